The third-order valence-electron chi connectivity index (χ3n) is 4.40. The summed E-state index contributed by atoms with van der Waals surface area (Å²) in [5, 5.41) is 1.18. The molecule has 2 aromatic rings. The fourth-order valence-corrected chi connectivity index (χ4v) is 3.35. The van der Waals surface area contributed by atoms with Crippen molar-refractivity contribution in [2.24, 2.45) is 5.92 Å². The number of hydrogen-bond acceptors (Lipinski definition) is 3. The fraction of sp³-hybridized carbons (Fsp3) is 0.471. The summed E-state index contributed by atoms with van der Waals surface area (Å²) in [6.07, 6.45) is 7.02. The largest absolute Gasteiger partial charge is 0.396 e. The molecule has 0 saturated carbocycles. The molecular weight excluding hydrogens is 246 g/mol. The van der Waals surface area contributed by atoms with Crippen LogP contribution >= 0.6 is 0 Å². The van der Waals surface area contributed by atoms with E-state index in [2.05, 4.69) is 35.0 Å². The number of nitrogens with zero attached hydrogens (tertiary/aromatic N) is 2. The van der Waals surface area contributed by atoms with Crippen molar-refractivity contribution in [3.63, 3.8) is 0 Å². The van der Waals surface area contributed by atoms with Crippen LogP contribution in [0.25, 0.3) is 10.9 Å². The van der Waals surface area contributed by atoms with E-state index in [-0.39, 0.29) is 0 Å². The standard InChI is InChI=1S/C17H23N3/c1-2-5-13-8-10-20(11-9-13)17-14-6-3-4-7-16(14)19-12-15(17)18/h3-4,6-7,12-13H,2,5,8-11,18H2,1H3. The van der Waals surface area contributed by atoms with Crippen LogP contribution in [0.1, 0.15) is 32.6 Å². The van der Waals surface area contributed by atoms with Crippen LogP contribution in [0.2, 0.25) is 0 Å². The molecule has 0 aliphatic carbocycles. The van der Waals surface area contributed by atoms with Crippen molar-refractivity contribution < 1.29 is 0 Å². The van der Waals surface area contributed by atoms with Crippen LogP contribution in [0.15, 0.2) is 30.5 Å². The number of anilines is 2. The van der Waals surface area contributed by atoms with E-state index in [1.165, 1.54) is 36.8 Å². The van der Waals surface area contributed by atoms with Gasteiger partial charge in [0.05, 0.1) is 23.1 Å². The number of para-hydroxylation sites is 1. The molecule has 3 rings (SSSR count). The highest BCUT2D eigenvalue weighted by Crippen LogP contribution is 2.34. The molecular formula is C17H23N3. The van der Waals surface area contributed by atoms with Crippen LogP contribution in [-0.2, 0) is 0 Å². The van der Waals surface area contributed by atoms with Crippen molar-refractivity contribution in [3.05, 3.63) is 30.5 Å². The predicted octanol–water partition coefficient (Wildman–Crippen LogP) is 3.83. The summed E-state index contributed by atoms with van der Waals surface area (Å²) in [4.78, 5) is 6.88. The van der Waals surface area contributed by atoms with Gasteiger partial charge in [-0.1, -0.05) is 38.0 Å². The molecule has 106 valence electrons. The van der Waals surface area contributed by atoms with Gasteiger partial charge >= 0.3 is 0 Å². The van der Waals surface area contributed by atoms with Gasteiger partial charge < -0.3 is 10.6 Å². The van der Waals surface area contributed by atoms with Gasteiger partial charge in [0.1, 0.15) is 0 Å². The van der Waals surface area contributed by atoms with E-state index >= 15 is 0 Å². The number of rotatable bonds is 3. The Labute approximate surface area is 120 Å². The second-order valence-electron chi connectivity index (χ2n) is 5.80. The SMILES string of the molecule is CCCC1CCN(c2c(N)cnc3ccccc23)CC1. The van der Waals surface area contributed by atoms with Crippen LogP contribution in [0.4, 0.5) is 11.4 Å². The first-order valence-electron chi connectivity index (χ1n) is 7.67. The van der Waals surface area contributed by atoms with E-state index in [1.807, 2.05) is 6.07 Å². The molecule has 0 radical (unpaired) electrons. The maximum Gasteiger partial charge on any atom is 0.0745 e. The normalized spacial score (nSPS) is 16.8. The molecule has 20 heavy (non-hydrogen) atoms. The van der Waals surface area contributed by atoms with Gasteiger partial charge in [-0.25, -0.2) is 0 Å². The van der Waals surface area contributed by atoms with E-state index in [0.29, 0.717) is 0 Å². The first-order valence-corrected chi connectivity index (χ1v) is 7.67. The Hall–Kier alpha value is -1.77. The second kappa shape index (κ2) is 5.70. The average Bonchev–Trinajstić information content (AvgIpc) is 2.49. The third-order valence-corrected chi connectivity index (χ3v) is 4.40. The van der Waals surface area contributed by atoms with Gasteiger partial charge in [0.15, 0.2) is 0 Å². The zero-order valence-electron chi connectivity index (χ0n) is 12.2. The molecule has 2 heterocycles. The topological polar surface area (TPSA) is 42.1 Å². The number of piperidine rings is 1. The van der Waals surface area contributed by atoms with Crippen LogP contribution in [-0.4, -0.2) is 18.1 Å². The lowest BCUT2D eigenvalue weighted by Crippen LogP contribution is -2.34. The zero-order chi connectivity index (χ0) is 13.9. The summed E-state index contributed by atoms with van der Waals surface area (Å²) in [6.45, 7) is 4.51. The van der Waals surface area contributed by atoms with Crippen LogP contribution in [0.5, 0.6) is 0 Å². The minimum Gasteiger partial charge on any atom is -0.396 e. The smallest absolute Gasteiger partial charge is 0.0745 e. The Balaban J connectivity index is 1.89. The first kappa shape index (κ1) is 13.2. The number of aromatic nitrogens is 1. The molecule has 0 atom stereocenters. The number of benzene rings is 1. The van der Waals surface area contributed by atoms with Gasteiger partial charge in [0, 0.05) is 18.5 Å². The number of hydrogen-bond donors (Lipinski definition) is 1. The van der Waals surface area contributed by atoms with Gasteiger partial charge in [-0.05, 0) is 24.8 Å². The van der Waals surface area contributed by atoms with Gasteiger partial charge in [0.25, 0.3) is 0 Å². The Bertz CT molecular complexity index is 586. The van der Waals surface area contributed by atoms with Crippen LogP contribution in [0.3, 0.4) is 0 Å². The minimum atomic E-state index is 0.803. The van der Waals surface area contributed by atoms with Crippen molar-refractivity contribution in [2.45, 2.75) is 32.6 Å². The van der Waals surface area contributed by atoms with Gasteiger partial charge in [0.2, 0.25) is 0 Å². The minimum absolute atomic E-state index is 0.803. The summed E-state index contributed by atoms with van der Waals surface area (Å²) >= 11 is 0. The molecule has 1 aliphatic heterocycles. The summed E-state index contributed by atoms with van der Waals surface area (Å²) < 4.78 is 0. The molecule has 1 aromatic heterocycles. The highest BCUT2D eigenvalue weighted by atomic mass is 15.1. The molecule has 2 N–H and O–H groups in total. The monoisotopic (exact) mass is 269 g/mol. The quantitative estimate of drug-likeness (QED) is 0.920. The van der Waals surface area contributed by atoms with Gasteiger partial charge in [-0.15, -0.1) is 0 Å². The molecule has 0 amide bonds. The van der Waals surface area contributed by atoms with Crippen molar-refractivity contribution in [1.82, 2.24) is 4.98 Å². The molecule has 0 spiro atoms. The first-order chi connectivity index (χ1) is 9.79. The van der Waals surface area contributed by atoms with Crippen molar-refractivity contribution in [3.8, 4) is 0 Å². The summed E-state index contributed by atoms with van der Waals surface area (Å²) in [6, 6.07) is 8.29. The Morgan fingerprint density at radius 3 is 2.75 bits per heavy atom. The predicted molar refractivity (Wildman–Crippen MR) is 86.0 cm³/mol. The van der Waals surface area contributed by atoms with Crippen molar-refractivity contribution >= 4 is 22.3 Å². The molecule has 0 unspecified atom stereocenters. The lowest BCUT2D eigenvalue weighted by Gasteiger charge is -2.34. The Kier molecular flexibility index (Phi) is 3.77. The van der Waals surface area contributed by atoms with E-state index in [0.717, 1.165) is 30.2 Å². The van der Waals surface area contributed by atoms with Gasteiger partial charge in [-0.2, -0.15) is 0 Å². The molecule has 1 aromatic carbocycles. The van der Waals surface area contributed by atoms with Gasteiger partial charge in [-0.3, -0.25) is 4.98 Å². The lowest BCUT2D eigenvalue weighted by atomic mass is 9.92. The fourth-order valence-electron chi connectivity index (χ4n) is 3.35. The van der Waals surface area contributed by atoms with E-state index in [9.17, 15) is 0 Å². The van der Waals surface area contributed by atoms with Crippen molar-refractivity contribution in [1.29, 1.82) is 0 Å². The number of nitrogen functional groups attached to an aromatic ring is 1. The Morgan fingerprint density at radius 2 is 2.00 bits per heavy atom. The van der Waals surface area contributed by atoms with Crippen LogP contribution < -0.4 is 10.6 Å². The molecule has 3 heteroatoms. The number of pyridine rings is 1. The zero-order valence-corrected chi connectivity index (χ0v) is 12.2. The highest BCUT2D eigenvalue weighted by molar-refractivity contribution is 5.97. The van der Waals surface area contributed by atoms with Crippen LogP contribution in [0, 0.1) is 5.92 Å². The summed E-state index contributed by atoms with van der Waals surface area (Å²) in [7, 11) is 0. The highest BCUT2D eigenvalue weighted by Gasteiger charge is 2.21. The van der Waals surface area contributed by atoms with E-state index < -0.39 is 0 Å². The Morgan fingerprint density at radius 1 is 1.25 bits per heavy atom. The molecule has 1 aliphatic rings. The second-order valence-corrected chi connectivity index (χ2v) is 5.80. The van der Waals surface area contributed by atoms with Crippen molar-refractivity contribution in [2.75, 3.05) is 23.7 Å². The summed E-state index contributed by atoms with van der Waals surface area (Å²) in [5.41, 5.74) is 9.23. The number of fused-ring (bicyclic) bond motifs is 1. The van der Waals surface area contributed by atoms with E-state index in [4.69, 9.17) is 5.73 Å². The third kappa shape index (κ3) is 2.45. The molecule has 0 bridgehead atoms. The maximum atomic E-state index is 6.21. The average molecular weight is 269 g/mol. The molecule has 3 nitrogen and oxygen atoms in total. The maximum absolute atomic E-state index is 6.21. The molecule has 1 fully saturated rings. The van der Waals surface area contributed by atoms with E-state index in [1.54, 1.807) is 6.20 Å². The summed E-state index contributed by atoms with van der Waals surface area (Å²) in [5.74, 6) is 0.894. The number of nitrogens with two attached hydrogens (primary N) is 1. The lowest BCUT2D eigenvalue weighted by molar-refractivity contribution is 0.379. The molecule has 1 saturated heterocycles.